The summed E-state index contributed by atoms with van der Waals surface area (Å²) < 4.78 is 0. The van der Waals surface area contributed by atoms with Gasteiger partial charge in [-0.15, -0.1) is 0 Å². The number of allylic oxidation sites excluding steroid dienone is 1. The number of aliphatic imine (C=N–C) groups is 1. The van der Waals surface area contributed by atoms with Crippen LogP contribution in [0.5, 0.6) is 0 Å². The Balaban J connectivity index is 1.81. The predicted molar refractivity (Wildman–Crippen MR) is 111 cm³/mol. The van der Waals surface area contributed by atoms with Gasteiger partial charge < -0.3 is 0 Å². The van der Waals surface area contributed by atoms with Crippen LogP contribution in [-0.2, 0) is 0 Å². The predicted octanol–water partition coefficient (Wildman–Crippen LogP) is 4.81. The zero-order valence-electron chi connectivity index (χ0n) is 14.9. The van der Waals surface area contributed by atoms with Crippen molar-refractivity contribution in [3.05, 3.63) is 107 Å². The zero-order valence-corrected chi connectivity index (χ0v) is 14.9. The van der Waals surface area contributed by atoms with Gasteiger partial charge in [-0.1, -0.05) is 89.9 Å². The van der Waals surface area contributed by atoms with Gasteiger partial charge in [0.15, 0.2) is 0 Å². The number of aryl methyl sites for hydroxylation is 1. The molecule has 1 nitrogen and oxygen atoms in total. The summed E-state index contributed by atoms with van der Waals surface area (Å²) in [4.78, 5) is 5.00. The normalized spacial score (nSPS) is 16.7. The van der Waals surface area contributed by atoms with E-state index in [-0.39, 0.29) is 0 Å². The van der Waals surface area contributed by atoms with Gasteiger partial charge in [-0.2, -0.15) is 0 Å². The van der Waals surface area contributed by atoms with Crippen molar-refractivity contribution in [1.82, 2.24) is 0 Å². The summed E-state index contributed by atoms with van der Waals surface area (Å²) in [7, 11) is 6.01. The van der Waals surface area contributed by atoms with Gasteiger partial charge in [0.05, 0.1) is 5.70 Å². The van der Waals surface area contributed by atoms with Crippen LogP contribution in [0.1, 0.15) is 34.6 Å². The van der Waals surface area contributed by atoms with E-state index in [1.807, 2.05) is 18.2 Å². The van der Waals surface area contributed by atoms with Gasteiger partial charge >= 0.3 is 0 Å². The molecule has 0 saturated heterocycles. The van der Waals surface area contributed by atoms with E-state index >= 15 is 0 Å². The van der Waals surface area contributed by atoms with E-state index < -0.39 is 0 Å². The van der Waals surface area contributed by atoms with Gasteiger partial charge in [0.1, 0.15) is 7.85 Å². The fourth-order valence-electron chi connectivity index (χ4n) is 3.47. The monoisotopic (exact) mass is 333 g/mol. The van der Waals surface area contributed by atoms with Crippen molar-refractivity contribution in [2.45, 2.75) is 19.3 Å². The first kappa shape index (κ1) is 16.6. The van der Waals surface area contributed by atoms with Crippen molar-refractivity contribution < 1.29 is 0 Å². The SMILES string of the molecule is [B]c1cccc(C2=NC(c3cccc(C)c3)=CC(c3ccccc3)C2)c1. The number of hydrogen-bond acceptors (Lipinski definition) is 1. The van der Waals surface area contributed by atoms with E-state index in [1.54, 1.807) is 0 Å². The van der Waals surface area contributed by atoms with E-state index in [4.69, 9.17) is 12.8 Å². The molecule has 0 bridgehead atoms. The molecule has 0 N–H and O–H groups in total. The highest BCUT2D eigenvalue weighted by Gasteiger charge is 2.20. The van der Waals surface area contributed by atoms with Crippen molar-refractivity contribution in [3.8, 4) is 0 Å². The lowest BCUT2D eigenvalue weighted by Crippen LogP contribution is -2.14. The number of hydrogen-bond donors (Lipinski definition) is 0. The Bertz CT molecular complexity index is 986. The first-order valence-corrected chi connectivity index (χ1v) is 8.96. The van der Waals surface area contributed by atoms with E-state index in [0.717, 1.165) is 34.4 Å². The summed E-state index contributed by atoms with van der Waals surface area (Å²) in [5.41, 5.74) is 7.71. The second-order valence-corrected chi connectivity index (χ2v) is 6.83. The van der Waals surface area contributed by atoms with Crippen molar-refractivity contribution in [2.75, 3.05) is 0 Å². The molecular formula is C24H20BN. The highest BCUT2D eigenvalue weighted by atomic mass is 14.8. The quantitative estimate of drug-likeness (QED) is 0.610. The Morgan fingerprint density at radius 2 is 1.62 bits per heavy atom. The summed E-state index contributed by atoms with van der Waals surface area (Å²) in [6, 6.07) is 27.2. The van der Waals surface area contributed by atoms with E-state index in [1.165, 1.54) is 11.1 Å². The topological polar surface area (TPSA) is 12.4 Å². The highest BCUT2D eigenvalue weighted by Crippen LogP contribution is 2.33. The van der Waals surface area contributed by atoms with Crippen LogP contribution >= 0.6 is 0 Å². The summed E-state index contributed by atoms with van der Waals surface area (Å²) in [6.45, 7) is 2.12. The minimum Gasteiger partial charge on any atom is -0.252 e. The van der Waals surface area contributed by atoms with Gasteiger partial charge in [0.25, 0.3) is 0 Å². The highest BCUT2D eigenvalue weighted by molar-refractivity contribution is 6.32. The van der Waals surface area contributed by atoms with Crippen molar-refractivity contribution in [2.24, 2.45) is 4.99 Å². The number of benzene rings is 3. The van der Waals surface area contributed by atoms with Crippen LogP contribution in [0.2, 0.25) is 0 Å². The first-order valence-electron chi connectivity index (χ1n) is 8.96. The van der Waals surface area contributed by atoms with Crippen molar-refractivity contribution >= 4 is 24.7 Å². The molecule has 0 amide bonds. The maximum Gasteiger partial charge on any atom is 0.113 e. The molecule has 0 saturated carbocycles. The van der Waals surface area contributed by atoms with Crippen LogP contribution in [0.4, 0.5) is 0 Å². The molecule has 1 unspecified atom stereocenters. The molecule has 4 rings (SSSR count). The van der Waals surface area contributed by atoms with Gasteiger partial charge in [-0.05, 0) is 24.1 Å². The smallest absolute Gasteiger partial charge is 0.113 e. The number of nitrogens with zero attached hydrogens (tertiary/aromatic N) is 1. The lowest BCUT2D eigenvalue weighted by Gasteiger charge is -2.22. The van der Waals surface area contributed by atoms with Crippen LogP contribution in [-0.4, -0.2) is 13.6 Å². The molecule has 0 aliphatic carbocycles. The van der Waals surface area contributed by atoms with Crippen LogP contribution < -0.4 is 5.46 Å². The standard InChI is InChI=1S/C24H20BN/c1-17-7-5-10-19(13-17)23-15-21(18-8-3-2-4-9-18)16-24(26-23)20-11-6-12-22(25)14-20/h2-15,21H,16H2,1H3. The molecule has 2 heteroatoms. The molecule has 3 aromatic carbocycles. The minimum absolute atomic E-state index is 0.306. The second-order valence-electron chi connectivity index (χ2n) is 6.83. The molecule has 1 aliphatic heterocycles. The van der Waals surface area contributed by atoms with Crippen LogP contribution in [0, 0.1) is 6.92 Å². The number of rotatable bonds is 3. The van der Waals surface area contributed by atoms with Crippen LogP contribution in [0.15, 0.2) is 89.9 Å². The molecular weight excluding hydrogens is 313 g/mol. The Labute approximate surface area is 156 Å². The molecule has 26 heavy (non-hydrogen) atoms. The second kappa shape index (κ2) is 7.17. The molecule has 0 aromatic heterocycles. The molecule has 1 heterocycles. The molecule has 124 valence electrons. The molecule has 0 fully saturated rings. The lowest BCUT2D eigenvalue weighted by atomic mass is 9.85. The summed E-state index contributed by atoms with van der Waals surface area (Å²) in [5, 5.41) is 0. The average Bonchev–Trinajstić information content (AvgIpc) is 2.68. The summed E-state index contributed by atoms with van der Waals surface area (Å²) in [6.07, 6.45) is 3.17. The maximum atomic E-state index is 6.01. The largest absolute Gasteiger partial charge is 0.252 e. The lowest BCUT2D eigenvalue weighted by molar-refractivity contribution is 0.879. The molecule has 1 aliphatic rings. The van der Waals surface area contributed by atoms with E-state index in [0.29, 0.717) is 5.92 Å². The summed E-state index contributed by atoms with van der Waals surface area (Å²) >= 11 is 0. The Hall–Kier alpha value is -2.87. The van der Waals surface area contributed by atoms with E-state index in [2.05, 4.69) is 73.7 Å². The first-order chi connectivity index (χ1) is 12.7. The Kier molecular flexibility index (Phi) is 4.58. The molecule has 2 radical (unpaired) electrons. The molecule has 1 atom stereocenters. The third-order valence-electron chi connectivity index (χ3n) is 4.79. The maximum absolute atomic E-state index is 6.01. The van der Waals surface area contributed by atoms with Crippen LogP contribution in [0.25, 0.3) is 5.70 Å². The molecule has 3 aromatic rings. The summed E-state index contributed by atoms with van der Waals surface area (Å²) in [5.74, 6) is 0.306. The van der Waals surface area contributed by atoms with Gasteiger partial charge in [0, 0.05) is 23.6 Å². The fourth-order valence-corrected chi connectivity index (χ4v) is 3.47. The fraction of sp³-hybridized carbons (Fsp3) is 0.125. The Morgan fingerprint density at radius 3 is 2.38 bits per heavy atom. The molecule has 0 spiro atoms. The third kappa shape index (κ3) is 3.55. The average molecular weight is 333 g/mol. The third-order valence-corrected chi connectivity index (χ3v) is 4.79. The van der Waals surface area contributed by atoms with Gasteiger partial charge in [-0.25, -0.2) is 0 Å². The van der Waals surface area contributed by atoms with Gasteiger partial charge in [0.2, 0.25) is 0 Å². The van der Waals surface area contributed by atoms with Crippen molar-refractivity contribution in [1.29, 1.82) is 0 Å². The zero-order chi connectivity index (χ0) is 17.9. The van der Waals surface area contributed by atoms with Crippen molar-refractivity contribution in [3.63, 3.8) is 0 Å². The Morgan fingerprint density at radius 1 is 0.846 bits per heavy atom. The van der Waals surface area contributed by atoms with Crippen LogP contribution in [0.3, 0.4) is 0 Å². The van der Waals surface area contributed by atoms with Gasteiger partial charge in [-0.3, -0.25) is 4.99 Å². The minimum atomic E-state index is 0.306. The van der Waals surface area contributed by atoms with E-state index in [9.17, 15) is 0 Å².